The van der Waals surface area contributed by atoms with Gasteiger partial charge in [0, 0.05) is 6.20 Å². The maximum Gasteiger partial charge on any atom is 0.364 e. The quantitative estimate of drug-likeness (QED) is 0.609. The van der Waals surface area contributed by atoms with Crippen LogP contribution in [0.3, 0.4) is 0 Å². The molecule has 2 rings (SSSR count). The molecule has 56 valence electrons. The van der Waals surface area contributed by atoms with Crippen LogP contribution in [0, 0.1) is 0 Å². The number of H-pyrrole nitrogens is 1. The highest BCUT2D eigenvalue weighted by molar-refractivity contribution is 6.33. The summed E-state index contributed by atoms with van der Waals surface area (Å²) in [6, 6.07) is 1.57. The van der Waals surface area contributed by atoms with Crippen molar-refractivity contribution in [2.75, 3.05) is 0 Å². The van der Waals surface area contributed by atoms with E-state index in [1.165, 1.54) is 6.20 Å². The second kappa shape index (κ2) is 2.06. The van der Waals surface area contributed by atoms with Gasteiger partial charge in [-0.05, 0) is 6.07 Å². The molecule has 2 aromatic rings. The van der Waals surface area contributed by atoms with Gasteiger partial charge in [0.2, 0.25) is 0 Å². The molecular formula is C5H3ClN4O. The molecule has 0 saturated heterocycles. The summed E-state index contributed by atoms with van der Waals surface area (Å²) in [6.07, 6.45) is 1.44. The second-order valence-corrected chi connectivity index (χ2v) is 2.35. The first-order valence-electron chi connectivity index (χ1n) is 2.87. The van der Waals surface area contributed by atoms with Crippen LogP contribution in [0.1, 0.15) is 0 Å². The van der Waals surface area contributed by atoms with Crippen molar-refractivity contribution in [2.45, 2.75) is 0 Å². The average Bonchev–Trinajstić information content (AvgIpc) is 2.35. The minimum Gasteiger partial charge on any atom is -0.244 e. The molecule has 6 heteroatoms. The van der Waals surface area contributed by atoms with E-state index in [9.17, 15) is 4.79 Å². The summed E-state index contributed by atoms with van der Waals surface area (Å²) < 4.78 is 1.10. The van der Waals surface area contributed by atoms with Crippen molar-refractivity contribution in [1.82, 2.24) is 19.8 Å². The number of nitrogens with one attached hydrogen (secondary N) is 1. The van der Waals surface area contributed by atoms with Crippen molar-refractivity contribution in [3.05, 3.63) is 27.8 Å². The number of rotatable bonds is 0. The van der Waals surface area contributed by atoms with Crippen molar-refractivity contribution < 1.29 is 0 Å². The van der Waals surface area contributed by atoms with E-state index in [2.05, 4.69) is 15.3 Å². The summed E-state index contributed by atoms with van der Waals surface area (Å²) in [5, 5.41) is 10.0. The lowest BCUT2D eigenvalue weighted by Gasteiger charge is -1.88. The number of hydrogen-bond donors (Lipinski definition) is 1. The second-order valence-electron chi connectivity index (χ2n) is 1.94. The van der Waals surface area contributed by atoms with Crippen molar-refractivity contribution in [3.8, 4) is 0 Å². The van der Waals surface area contributed by atoms with Crippen LogP contribution in [0.5, 0.6) is 0 Å². The van der Waals surface area contributed by atoms with Crippen molar-refractivity contribution in [3.63, 3.8) is 0 Å². The molecule has 0 atom stereocenters. The first-order chi connectivity index (χ1) is 5.29. The largest absolute Gasteiger partial charge is 0.364 e. The van der Waals surface area contributed by atoms with E-state index in [0.717, 1.165) is 4.52 Å². The summed E-state index contributed by atoms with van der Waals surface area (Å²) in [5.74, 6) is 0. The third kappa shape index (κ3) is 0.813. The van der Waals surface area contributed by atoms with E-state index >= 15 is 0 Å². The zero-order valence-electron chi connectivity index (χ0n) is 5.28. The van der Waals surface area contributed by atoms with Gasteiger partial charge in [0.05, 0.1) is 5.02 Å². The van der Waals surface area contributed by atoms with Gasteiger partial charge in [-0.2, -0.15) is 9.61 Å². The van der Waals surface area contributed by atoms with Crippen LogP contribution in [0.4, 0.5) is 0 Å². The average molecular weight is 171 g/mol. The molecule has 1 N–H and O–H groups in total. The van der Waals surface area contributed by atoms with E-state index in [4.69, 9.17) is 11.6 Å². The number of aromatic nitrogens is 4. The highest BCUT2D eigenvalue weighted by atomic mass is 35.5. The molecule has 0 aliphatic rings. The molecule has 0 aliphatic carbocycles. The van der Waals surface area contributed by atoms with E-state index in [0.29, 0.717) is 10.7 Å². The standard InChI is InChI=1S/C5H3ClN4O/c6-3-1-2-7-10-4(3)8-9-5(10)11/h1-2H,(H,9,11). The Hall–Kier alpha value is -1.36. The maximum atomic E-state index is 10.9. The Morgan fingerprint density at radius 2 is 2.45 bits per heavy atom. The summed E-state index contributed by atoms with van der Waals surface area (Å²) in [5.41, 5.74) is -0.0401. The lowest BCUT2D eigenvalue weighted by atomic mass is 10.6. The molecule has 2 aromatic heterocycles. The Labute approximate surface area is 65.6 Å². The lowest BCUT2D eigenvalue weighted by Crippen LogP contribution is -2.11. The summed E-state index contributed by atoms with van der Waals surface area (Å²) in [7, 11) is 0. The summed E-state index contributed by atoms with van der Waals surface area (Å²) in [6.45, 7) is 0. The number of hydrogen-bond acceptors (Lipinski definition) is 3. The first kappa shape index (κ1) is 6.36. The first-order valence-corrected chi connectivity index (χ1v) is 3.25. The van der Waals surface area contributed by atoms with Crippen LogP contribution in [0.2, 0.25) is 5.02 Å². The molecule has 0 bridgehead atoms. The van der Waals surface area contributed by atoms with Crippen LogP contribution in [-0.4, -0.2) is 19.8 Å². The van der Waals surface area contributed by atoms with Gasteiger partial charge in [-0.15, -0.1) is 5.10 Å². The molecule has 11 heavy (non-hydrogen) atoms. The zero-order chi connectivity index (χ0) is 7.84. The molecule has 0 aromatic carbocycles. The van der Waals surface area contributed by atoms with Gasteiger partial charge in [-0.25, -0.2) is 9.89 Å². The van der Waals surface area contributed by atoms with Gasteiger partial charge in [0.1, 0.15) is 0 Å². The van der Waals surface area contributed by atoms with Crippen molar-refractivity contribution in [1.29, 1.82) is 0 Å². The molecular weight excluding hydrogens is 168 g/mol. The van der Waals surface area contributed by atoms with Gasteiger partial charge in [-0.3, -0.25) is 0 Å². The SMILES string of the molecule is O=c1[nH]nc2c(Cl)ccnn12. The Morgan fingerprint density at radius 3 is 3.18 bits per heavy atom. The van der Waals surface area contributed by atoms with E-state index < -0.39 is 0 Å². The molecule has 0 unspecified atom stereocenters. The fraction of sp³-hybridized carbons (Fsp3) is 0. The number of nitrogens with zero attached hydrogens (tertiary/aromatic N) is 3. The molecule has 0 spiro atoms. The van der Waals surface area contributed by atoms with Crippen LogP contribution >= 0.6 is 11.6 Å². The molecule has 0 amide bonds. The van der Waals surface area contributed by atoms with Crippen molar-refractivity contribution in [2.24, 2.45) is 0 Å². The van der Waals surface area contributed by atoms with E-state index in [1.54, 1.807) is 6.07 Å². The van der Waals surface area contributed by atoms with Gasteiger partial charge < -0.3 is 0 Å². The number of halogens is 1. The predicted molar refractivity (Wildman–Crippen MR) is 38.6 cm³/mol. The monoisotopic (exact) mass is 170 g/mol. The normalized spacial score (nSPS) is 10.6. The third-order valence-electron chi connectivity index (χ3n) is 1.27. The fourth-order valence-corrected chi connectivity index (χ4v) is 0.972. The van der Waals surface area contributed by atoms with Crippen molar-refractivity contribution >= 4 is 17.2 Å². The van der Waals surface area contributed by atoms with Crippen LogP contribution in [-0.2, 0) is 0 Å². The molecule has 2 heterocycles. The van der Waals surface area contributed by atoms with Gasteiger partial charge in [-0.1, -0.05) is 11.6 Å². The third-order valence-corrected chi connectivity index (χ3v) is 1.56. The summed E-state index contributed by atoms with van der Waals surface area (Å²) >= 11 is 5.69. The Balaban J connectivity index is 3.06. The molecule has 5 nitrogen and oxygen atoms in total. The zero-order valence-corrected chi connectivity index (χ0v) is 6.04. The topological polar surface area (TPSA) is 63.0 Å². The minimum atomic E-state index is -0.387. The Morgan fingerprint density at radius 1 is 1.64 bits per heavy atom. The van der Waals surface area contributed by atoms with Gasteiger partial charge in [0.25, 0.3) is 0 Å². The lowest BCUT2D eigenvalue weighted by molar-refractivity contribution is 0.879. The summed E-state index contributed by atoms with van der Waals surface area (Å²) in [4.78, 5) is 10.9. The van der Waals surface area contributed by atoms with Crippen LogP contribution < -0.4 is 5.69 Å². The molecule has 0 aliphatic heterocycles. The molecule has 0 radical (unpaired) electrons. The highest BCUT2D eigenvalue weighted by Gasteiger charge is 2.02. The number of fused-ring (bicyclic) bond motifs is 1. The van der Waals surface area contributed by atoms with Crippen LogP contribution in [0.15, 0.2) is 17.1 Å². The van der Waals surface area contributed by atoms with E-state index in [1.807, 2.05) is 0 Å². The molecule has 0 fully saturated rings. The minimum absolute atomic E-state index is 0.346. The number of aromatic amines is 1. The van der Waals surface area contributed by atoms with Crippen LogP contribution in [0.25, 0.3) is 5.65 Å². The smallest absolute Gasteiger partial charge is 0.244 e. The van der Waals surface area contributed by atoms with E-state index in [-0.39, 0.29) is 5.69 Å². The fourth-order valence-electron chi connectivity index (χ4n) is 0.793. The Bertz CT molecular complexity index is 445. The molecule has 0 saturated carbocycles. The maximum absolute atomic E-state index is 10.9. The predicted octanol–water partition coefficient (Wildman–Crippen LogP) is 0.0710. The van der Waals surface area contributed by atoms with Gasteiger partial charge >= 0.3 is 5.69 Å². The van der Waals surface area contributed by atoms with Gasteiger partial charge in [0.15, 0.2) is 5.65 Å². The highest BCUT2D eigenvalue weighted by Crippen LogP contribution is 2.09. The Kier molecular flexibility index (Phi) is 1.19.